The molecule has 0 atom stereocenters. The molecule has 9 nitrogen and oxygen atoms in total. The number of alkyl halides is 1. The van der Waals surface area contributed by atoms with E-state index in [0.717, 1.165) is 19.3 Å². The quantitative estimate of drug-likeness (QED) is 0.217. The lowest BCUT2D eigenvalue weighted by Gasteiger charge is -2.09. The number of rotatable bonds is 12. The zero-order valence-electron chi connectivity index (χ0n) is 17.6. The van der Waals surface area contributed by atoms with Crippen molar-refractivity contribution in [3.8, 4) is 17.2 Å². The molecule has 3 aromatic rings. The second-order valence-electron chi connectivity index (χ2n) is 6.75. The van der Waals surface area contributed by atoms with Crippen molar-refractivity contribution in [3.05, 3.63) is 23.6 Å². The lowest BCUT2D eigenvalue weighted by molar-refractivity contribution is -0.113. The molecule has 12 heteroatoms. The summed E-state index contributed by atoms with van der Waals surface area (Å²) in [7, 11) is -2.40. The molecule has 0 aliphatic heterocycles. The third kappa shape index (κ3) is 5.78. The number of aromatic nitrogens is 1. The van der Waals surface area contributed by atoms with Gasteiger partial charge in [-0.05, 0) is 24.6 Å². The molecule has 2 aromatic heterocycles. The molecule has 0 fully saturated rings. The normalized spacial score (nSPS) is 11.7. The summed E-state index contributed by atoms with van der Waals surface area (Å²) in [5.41, 5.74) is 0.710. The van der Waals surface area contributed by atoms with Crippen LogP contribution in [0.4, 0.5) is 5.13 Å². The highest BCUT2D eigenvalue weighted by Crippen LogP contribution is 2.37. The first-order chi connectivity index (χ1) is 15.4. The number of ether oxygens (including phenoxy) is 2. The Morgan fingerprint density at radius 1 is 1.31 bits per heavy atom. The van der Waals surface area contributed by atoms with Crippen molar-refractivity contribution in [1.82, 2.24) is 9.71 Å². The predicted molar refractivity (Wildman–Crippen MR) is 124 cm³/mol. The van der Waals surface area contributed by atoms with Crippen LogP contribution in [0.2, 0.25) is 0 Å². The molecule has 0 aliphatic carbocycles. The maximum absolute atomic E-state index is 12.9. The van der Waals surface area contributed by atoms with Crippen LogP contribution in [0.1, 0.15) is 26.2 Å². The number of amides is 1. The number of furan rings is 1. The summed E-state index contributed by atoms with van der Waals surface area (Å²) in [6.07, 6.45) is 2.95. The Morgan fingerprint density at radius 3 is 2.84 bits per heavy atom. The van der Waals surface area contributed by atoms with Crippen molar-refractivity contribution in [2.75, 3.05) is 31.6 Å². The Balaban J connectivity index is 1.87. The lowest BCUT2D eigenvalue weighted by atomic mass is 10.2. The summed E-state index contributed by atoms with van der Waals surface area (Å²) in [4.78, 5) is 15.8. The molecule has 2 N–H and O–H groups in total. The number of anilines is 1. The van der Waals surface area contributed by atoms with E-state index in [-0.39, 0.29) is 29.0 Å². The van der Waals surface area contributed by atoms with Gasteiger partial charge in [-0.25, -0.2) is 13.4 Å². The van der Waals surface area contributed by atoms with Crippen LogP contribution in [0.25, 0.3) is 22.4 Å². The highest BCUT2D eigenvalue weighted by molar-refractivity contribution is 7.89. The minimum atomic E-state index is -3.87. The second-order valence-corrected chi connectivity index (χ2v) is 9.61. The summed E-state index contributed by atoms with van der Waals surface area (Å²) < 4.78 is 44.8. The Labute approximate surface area is 195 Å². The molecule has 174 valence electrons. The number of nitrogens with zero attached hydrogens (tertiary/aromatic N) is 1. The summed E-state index contributed by atoms with van der Waals surface area (Å²) >= 11 is 6.70. The molecule has 0 radical (unpaired) electrons. The standard InChI is InChI=1S/C20H24ClN3O6S2/c1-3-4-5-8-29-12-22-32(26,27)17-7-6-15(28-2)19-13(17)9-16(30-19)14-11-31-20(23-14)24-18(25)10-21/h6-7,9,11,22H,3-5,8,10,12H2,1-2H3,(H,23,24,25). The average Bonchev–Trinajstić information content (AvgIpc) is 3.42. The molecular formula is C20H24ClN3O6S2. The summed E-state index contributed by atoms with van der Waals surface area (Å²) in [6.45, 7) is 2.44. The van der Waals surface area contributed by atoms with Crippen LogP contribution in [0, 0.1) is 0 Å². The molecule has 0 unspecified atom stereocenters. The van der Waals surface area contributed by atoms with Crippen LogP contribution in [0.5, 0.6) is 5.75 Å². The number of fused-ring (bicyclic) bond motifs is 1. The van der Waals surface area contributed by atoms with Gasteiger partial charge < -0.3 is 19.2 Å². The minimum Gasteiger partial charge on any atom is -0.493 e. The maximum atomic E-state index is 12.9. The predicted octanol–water partition coefficient (Wildman–Crippen LogP) is 4.18. The second kappa shape index (κ2) is 11.1. The molecule has 1 amide bonds. The number of methoxy groups -OCH3 is 1. The van der Waals surface area contributed by atoms with Gasteiger partial charge in [0.05, 0.1) is 12.0 Å². The van der Waals surface area contributed by atoms with Crippen LogP contribution in [-0.4, -0.2) is 45.6 Å². The number of sulfonamides is 1. The highest BCUT2D eigenvalue weighted by Gasteiger charge is 2.23. The van der Waals surface area contributed by atoms with Crippen molar-refractivity contribution < 1.29 is 27.1 Å². The van der Waals surface area contributed by atoms with Crippen molar-refractivity contribution in [3.63, 3.8) is 0 Å². The Hall–Kier alpha value is -2.18. The molecule has 2 heterocycles. The molecule has 3 rings (SSSR count). The average molecular weight is 502 g/mol. The third-order valence-corrected chi connectivity index (χ3v) is 6.92. The topological polar surface area (TPSA) is 120 Å². The van der Waals surface area contributed by atoms with Crippen molar-refractivity contribution >= 4 is 55.0 Å². The number of carbonyl (C=O) groups is 1. The van der Waals surface area contributed by atoms with E-state index < -0.39 is 10.0 Å². The lowest BCUT2D eigenvalue weighted by Crippen LogP contribution is -2.26. The van der Waals surface area contributed by atoms with E-state index in [0.29, 0.717) is 34.3 Å². The van der Waals surface area contributed by atoms with Gasteiger partial charge in [0, 0.05) is 17.4 Å². The number of nitrogens with one attached hydrogen (secondary N) is 2. The van der Waals surface area contributed by atoms with Crippen LogP contribution in [-0.2, 0) is 19.6 Å². The van der Waals surface area contributed by atoms with E-state index in [2.05, 4.69) is 21.9 Å². The SMILES string of the molecule is CCCCCOCNS(=O)(=O)c1ccc(OC)c2oc(-c3csc(NC(=O)CCl)n3)cc12. The van der Waals surface area contributed by atoms with Gasteiger partial charge in [0.15, 0.2) is 22.2 Å². The number of carbonyl (C=O) groups excluding carboxylic acids is 1. The molecular weight excluding hydrogens is 478 g/mol. The first-order valence-electron chi connectivity index (χ1n) is 9.89. The monoisotopic (exact) mass is 501 g/mol. The van der Waals surface area contributed by atoms with Gasteiger partial charge in [0.1, 0.15) is 18.3 Å². The van der Waals surface area contributed by atoms with Gasteiger partial charge in [0.25, 0.3) is 0 Å². The fourth-order valence-electron chi connectivity index (χ4n) is 2.92. The Morgan fingerprint density at radius 2 is 2.12 bits per heavy atom. The number of unbranched alkanes of at least 4 members (excludes halogenated alkanes) is 2. The van der Waals surface area contributed by atoms with E-state index in [1.165, 1.54) is 30.6 Å². The van der Waals surface area contributed by atoms with Crippen LogP contribution in [0.3, 0.4) is 0 Å². The van der Waals surface area contributed by atoms with Crippen molar-refractivity contribution in [1.29, 1.82) is 0 Å². The van der Waals surface area contributed by atoms with Crippen LogP contribution >= 0.6 is 22.9 Å². The van der Waals surface area contributed by atoms with Crippen LogP contribution in [0.15, 0.2) is 32.9 Å². The van der Waals surface area contributed by atoms with Gasteiger partial charge in [0.2, 0.25) is 15.9 Å². The smallest absolute Gasteiger partial charge is 0.243 e. The maximum Gasteiger partial charge on any atom is 0.243 e. The van der Waals surface area contributed by atoms with Crippen LogP contribution < -0.4 is 14.8 Å². The minimum absolute atomic E-state index is 0.0337. The van der Waals surface area contributed by atoms with Gasteiger partial charge >= 0.3 is 0 Å². The van der Waals surface area contributed by atoms with Gasteiger partial charge in [-0.1, -0.05) is 19.8 Å². The van der Waals surface area contributed by atoms with Crippen molar-refractivity contribution in [2.45, 2.75) is 31.1 Å². The molecule has 0 aliphatic rings. The van der Waals surface area contributed by atoms with E-state index >= 15 is 0 Å². The van der Waals surface area contributed by atoms with Gasteiger partial charge in [-0.3, -0.25) is 4.79 Å². The Bertz CT molecular complexity index is 1180. The number of thiazole rings is 1. The largest absolute Gasteiger partial charge is 0.493 e. The van der Waals surface area contributed by atoms with Gasteiger partial charge in [-0.2, -0.15) is 4.72 Å². The molecule has 0 saturated heterocycles. The highest BCUT2D eigenvalue weighted by atomic mass is 35.5. The Kier molecular flexibility index (Phi) is 8.49. The molecule has 1 aromatic carbocycles. The fourth-order valence-corrected chi connectivity index (χ4v) is 4.78. The summed E-state index contributed by atoms with van der Waals surface area (Å²) in [6, 6.07) is 4.56. The molecule has 0 spiro atoms. The summed E-state index contributed by atoms with van der Waals surface area (Å²) in [5, 5.41) is 4.95. The fraction of sp³-hybridized carbons (Fsp3) is 0.400. The molecule has 0 saturated carbocycles. The van der Waals surface area contributed by atoms with E-state index in [4.69, 9.17) is 25.5 Å². The van der Waals surface area contributed by atoms with E-state index in [1.54, 1.807) is 11.4 Å². The van der Waals surface area contributed by atoms with E-state index in [1.807, 2.05) is 0 Å². The number of hydrogen-bond acceptors (Lipinski definition) is 8. The van der Waals surface area contributed by atoms with Gasteiger partial charge in [-0.15, -0.1) is 22.9 Å². The molecule has 0 bridgehead atoms. The zero-order valence-corrected chi connectivity index (χ0v) is 20.0. The van der Waals surface area contributed by atoms with E-state index in [9.17, 15) is 13.2 Å². The third-order valence-electron chi connectivity index (χ3n) is 4.48. The number of halogens is 1. The first-order valence-corrected chi connectivity index (χ1v) is 12.8. The zero-order chi connectivity index (χ0) is 23.1. The summed E-state index contributed by atoms with van der Waals surface area (Å²) in [5.74, 6) is 0.148. The molecule has 32 heavy (non-hydrogen) atoms. The number of hydrogen-bond donors (Lipinski definition) is 2. The number of benzene rings is 1. The van der Waals surface area contributed by atoms with Crippen molar-refractivity contribution in [2.24, 2.45) is 0 Å². The first kappa shape index (κ1) is 24.5.